The number of hydrogen-bond acceptors (Lipinski definition) is 3. The highest BCUT2D eigenvalue weighted by Crippen LogP contribution is 2.17. The maximum Gasteiger partial charge on any atom is 0.225 e. The van der Waals surface area contributed by atoms with Gasteiger partial charge >= 0.3 is 0 Å². The second-order valence-electron chi connectivity index (χ2n) is 6.20. The fourth-order valence-electron chi connectivity index (χ4n) is 2.30. The van der Waals surface area contributed by atoms with Gasteiger partial charge in [0.15, 0.2) is 0 Å². The fraction of sp³-hybridized carbons (Fsp3) is 0.857. The lowest BCUT2D eigenvalue weighted by Crippen LogP contribution is -2.42. The smallest absolute Gasteiger partial charge is 0.225 e. The Morgan fingerprint density at radius 3 is 2.58 bits per heavy atom. The molecule has 1 atom stereocenters. The molecular weight excluding hydrogens is 242 g/mol. The number of nitrogens with zero attached hydrogens (tertiary/aromatic N) is 1. The van der Waals surface area contributed by atoms with Crippen LogP contribution in [0.15, 0.2) is 0 Å². The molecule has 1 fully saturated rings. The van der Waals surface area contributed by atoms with Gasteiger partial charge in [-0.15, -0.1) is 0 Å². The van der Waals surface area contributed by atoms with Crippen molar-refractivity contribution in [1.29, 1.82) is 0 Å². The molecule has 5 heteroatoms. The van der Waals surface area contributed by atoms with E-state index in [1.165, 1.54) is 0 Å². The van der Waals surface area contributed by atoms with Crippen LogP contribution in [0.3, 0.4) is 0 Å². The number of nitrogens with one attached hydrogen (secondary N) is 2. The fourth-order valence-corrected chi connectivity index (χ4v) is 2.30. The first-order valence-electron chi connectivity index (χ1n) is 7.08. The Kier molecular flexibility index (Phi) is 5.79. The lowest BCUT2D eigenvalue weighted by Gasteiger charge is -2.25. The van der Waals surface area contributed by atoms with E-state index >= 15 is 0 Å². The summed E-state index contributed by atoms with van der Waals surface area (Å²) in [4.78, 5) is 25.7. The quantitative estimate of drug-likeness (QED) is 0.774. The van der Waals surface area contributed by atoms with Gasteiger partial charge < -0.3 is 15.5 Å². The van der Waals surface area contributed by atoms with Gasteiger partial charge in [0.05, 0.1) is 0 Å². The van der Waals surface area contributed by atoms with Crippen LogP contribution in [0, 0.1) is 5.41 Å². The van der Waals surface area contributed by atoms with Gasteiger partial charge in [0.25, 0.3) is 0 Å². The summed E-state index contributed by atoms with van der Waals surface area (Å²) < 4.78 is 0. The van der Waals surface area contributed by atoms with E-state index in [1.807, 2.05) is 32.7 Å². The van der Waals surface area contributed by atoms with Crippen LogP contribution in [-0.4, -0.2) is 49.4 Å². The van der Waals surface area contributed by atoms with Gasteiger partial charge in [-0.3, -0.25) is 9.59 Å². The van der Waals surface area contributed by atoms with E-state index in [1.54, 1.807) is 0 Å². The minimum absolute atomic E-state index is 0.00602. The molecule has 19 heavy (non-hydrogen) atoms. The van der Waals surface area contributed by atoms with Crippen LogP contribution in [0.25, 0.3) is 0 Å². The van der Waals surface area contributed by atoms with Crippen molar-refractivity contribution in [3.8, 4) is 0 Å². The molecule has 0 radical (unpaired) electrons. The maximum absolute atomic E-state index is 12.1. The van der Waals surface area contributed by atoms with E-state index in [-0.39, 0.29) is 11.8 Å². The average molecular weight is 269 g/mol. The van der Waals surface area contributed by atoms with Gasteiger partial charge in [0.2, 0.25) is 11.8 Å². The number of likely N-dealkylation sites (N-methyl/N-ethyl adjacent to an activating group) is 1. The molecule has 0 saturated carbocycles. The van der Waals surface area contributed by atoms with Crippen LogP contribution >= 0.6 is 0 Å². The third-order valence-corrected chi connectivity index (χ3v) is 3.44. The molecule has 1 rings (SSSR count). The van der Waals surface area contributed by atoms with E-state index in [2.05, 4.69) is 10.6 Å². The topological polar surface area (TPSA) is 61.4 Å². The SMILES string of the molecule is CNCC1CCCN1C(=O)CCNC(=O)C(C)(C)C. The number of carbonyl (C=O) groups is 2. The van der Waals surface area contributed by atoms with Crippen molar-refractivity contribution in [2.75, 3.05) is 26.7 Å². The molecule has 0 aromatic rings. The van der Waals surface area contributed by atoms with Crippen molar-refractivity contribution in [3.63, 3.8) is 0 Å². The highest BCUT2D eigenvalue weighted by Gasteiger charge is 2.28. The molecular formula is C14H27N3O2. The first kappa shape index (κ1) is 16.0. The lowest BCUT2D eigenvalue weighted by molar-refractivity contribution is -0.132. The Bertz CT molecular complexity index is 323. The lowest BCUT2D eigenvalue weighted by atomic mass is 9.96. The first-order valence-corrected chi connectivity index (χ1v) is 7.08. The number of amides is 2. The molecule has 1 saturated heterocycles. The summed E-state index contributed by atoms with van der Waals surface area (Å²) in [5, 5.41) is 5.95. The molecule has 1 heterocycles. The summed E-state index contributed by atoms with van der Waals surface area (Å²) in [5.41, 5.74) is -0.397. The Balaban J connectivity index is 2.33. The van der Waals surface area contributed by atoms with Crippen molar-refractivity contribution < 1.29 is 9.59 Å². The summed E-state index contributed by atoms with van der Waals surface area (Å²) in [5.74, 6) is 0.139. The number of likely N-dealkylation sites (tertiary alicyclic amines) is 1. The van der Waals surface area contributed by atoms with Crippen LogP contribution in [0.1, 0.15) is 40.0 Å². The Morgan fingerprint density at radius 1 is 1.32 bits per heavy atom. The van der Waals surface area contributed by atoms with Crippen LogP contribution in [0.2, 0.25) is 0 Å². The van der Waals surface area contributed by atoms with E-state index in [0.717, 1.165) is 25.9 Å². The predicted molar refractivity (Wildman–Crippen MR) is 75.7 cm³/mol. The molecule has 2 N–H and O–H groups in total. The Hall–Kier alpha value is -1.10. The molecule has 1 aliphatic rings. The molecule has 1 unspecified atom stereocenters. The van der Waals surface area contributed by atoms with Gasteiger partial charge in [-0.1, -0.05) is 20.8 Å². The van der Waals surface area contributed by atoms with Crippen LogP contribution in [0.5, 0.6) is 0 Å². The van der Waals surface area contributed by atoms with E-state index in [9.17, 15) is 9.59 Å². The van der Waals surface area contributed by atoms with Gasteiger partial charge in [-0.2, -0.15) is 0 Å². The predicted octanol–water partition coefficient (Wildman–Crippen LogP) is 0.749. The zero-order valence-electron chi connectivity index (χ0n) is 12.6. The first-order chi connectivity index (χ1) is 8.86. The molecule has 110 valence electrons. The van der Waals surface area contributed by atoms with Crippen LogP contribution in [-0.2, 0) is 9.59 Å². The summed E-state index contributed by atoms with van der Waals surface area (Å²) in [6.45, 7) is 7.73. The molecule has 1 aliphatic heterocycles. The molecule has 0 aliphatic carbocycles. The highest BCUT2D eigenvalue weighted by molar-refractivity contribution is 5.82. The van der Waals surface area contributed by atoms with Crippen molar-refractivity contribution in [3.05, 3.63) is 0 Å². The summed E-state index contributed by atoms with van der Waals surface area (Å²) >= 11 is 0. The van der Waals surface area contributed by atoms with Crippen molar-refractivity contribution in [2.24, 2.45) is 5.41 Å². The zero-order valence-corrected chi connectivity index (χ0v) is 12.6. The molecule has 2 amide bonds. The summed E-state index contributed by atoms with van der Waals surface area (Å²) in [6.07, 6.45) is 2.54. The average Bonchev–Trinajstić information content (AvgIpc) is 2.76. The van der Waals surface area contributed by atoms with Crippen molar-refractivity contribution >= 4 is 11.8 Å². The molecule has 0 spiro atoms. The summed E-state index contributed by atoms with van der Waals surface area (Å²) in [6, 6.07) is 0.316. The minimum atomic E-state index is -0.397. The second kappa shape index (κ2) is 6.89. The highest BCUT2D eigenvalue weighted by atomic mass is 16.2. The van der Waals surface area contributed by atoms with Crippen molar-refractivity contribution in [2.45, 2.75) is 46.1 Å². The normalized spacial score (nSPS) is 19.6. The second-order valence-corrected chi connectivity index (χ2v) is 6.20. The molecule has 0 aromatic carbocycles. The van der Waals surface area contributed by atoms with E-state index in [4.69, 9.17) is 0 Å². The standard InChI is InChI=1S/C14H27N3O2/c1-14(2,3)13(19)16-8-7-12(18)17-9-5-6-11(17)10-15-4/h11,15H,5-10H2,1-4H3,(H,16,19). The third-order valence-electron chi connectivity index (χ3n) is 3.44. The molecule has 0 aromatic heterocycles. The summed E-state index contributed by atoms with van der Waals surface area (Å²) in [7, 11) is 1.91. The van der Waals surface area contributed by atoms with Gasteiger partial charge in [-0.25, -0.2) is 0 Å². The number of carbonyl (C=O) groups excluding carboxylic acids is 2. The maximum atomic E-state index is 12.1. The molecule has 0 bridgehead atoms. The van der Waals surface area contributed by atoms with Gasteiger partial charge in [-0.05, 0) is 19.9 Å². The van der Waals surface area contributed by atoms with Crippen LogP contribution < -0.4 is 10.6 Å². The molecule has 5 nitrogen and oxygen atoms in total. The van der Waals surface area contributed by atoms with Gasteiger partial charge in [0, 0.05) is 37.5 Å². The van der Waals surface area contributed by atoms with E-state index in [0.29, 0.717) is 19.0 Å². The number of hydrogen-bond donors (Lipinski definition) is 2. The van der Waals surface area contributed by atoms with Crippen molar-refractivity contribution in [1.82, 2.24) is 15.5 Å². The largest absolute Gasteiger partial charge is 0.355 e. The van der Waals surface area contributed by atoms with Gasteiger partial charge in [0.1, 0.15) is 0 Å². The third kappa shape index (κ3) is 4.82. The Morgan fingerprint density at radius 2 is 2.00 bits per heavy atom. The Labute approximate surface area is 116 Å². The monoisotopic (exact) mass is 269 g/mol. The van der Waals surface area contributed by atoms with Crippen LogP contribution in [0.4, 0.5) is 0 Å². The zero-order chi connectivity index (χ0) is 14.5. The minimum Gasteiger partial charge on any atom is -0.355 e. The van der Waals surface area contributed by atoms with E-state index < -0.39 is 5.41 Å². The number of rotatable bonds is 5.